The summed E-state index contributed by atoms with van der Waals surface area (Å²) in [7, 11) is 0. The molecule has 6 rings (SSSR count). The maximum atomic E-state index is 14.1. The van der Waals surface area contributed by atoms with Gasteiger partial charge in [0.15, 0.2) is 0 Å². The maximum Gasteiger partial charge on any atom is 0.420 e. The lowest BCUT2D eigenvalue weighted by atomic mass is 10.0. The number of carbonyl (C=O) groups is 1. The molecule has 44 heavy (non-hydrogen) atoms. The van der Waals surface area contributed by atoms with E-state index in [1.54, 1.807) is 11.0 Å². The van der Waals surface area contributed by atoms with E-state index in [1.807, 2.05) is 26.0 Å². The van der Waals surface area contributed by atoms with Crippen LogP contribution in [-0.4, -0.2) is 91.2 Å². The highest BCUT2D eigenvalue weighted by Gasteiger charge is 2.37. The van der Waals surface area contributed by atoms with Gasteiger partial charge >= 0.3 is 6.18 Å². The SMILES string of the molecule is CCc1cc(N2CCNC3COCC32)ccc1Nc1ncc(C(F)(F)F)c(-c2cc(SCCN(C=O)C3COC3)c(C)s2)n1. The van der Waals surface area contributed by atoms with Crippen molar-refractivity contribution in [2.75, 3.05) is 62.0 Å². The van der Waals surface area contributed by atoms with E-state index in [0.717, 1.165) is 58.8 Å². The summed E-state index contributed by atoms with van der Waals surface area (Å²) < 4.78 is 53.2. The van der Waals surface area contributed by atoms with Crippen molar-refractivity contribution in [2.45, 2.75) is 49.5 Å². The number of hydrogen-bond donors (Lipinski definition) is 2. The number of amides is 1. The van der Waals surface area contributed by atoms with E-state index >= 15 is 0 Å². The van der Waals surface area contributed by atoms with Gasteiger partial charge < -0.3 is 29.9 Å². The van der Waals surface area contributed by atoms with Crippen LogP contribution >= 0.6 is 23.1 Å². The highest BCUT2D eigenvalue weighted by molar-refractivity contribution is 7.99. The highest BCUT2D eigenvalue weighted by Crippen LogP contribution is 2.42. The van der Waals surface area contributed by atoms with Crippen molar-refractivity contribution in [2.24, 2.45) is 0 Å². The molecule has 2 aromatic heterocycles. The van der Waals surface area contributed by atoms with E-state index in [2.05, 4.69) is 31.6 Å². The van der Waals surface area contributed by atoms with Gasteiger partial charge in [0, 0.05) is 52.7 Å². The number of hydrogen-bond acceptors (Lipinski definition) is 10. The summed E-state index contributed by atoms with van der Waals surface area (Å²) in [6.07, 6.45) is -2.21. The van der Waals surface area contributed by atoms with Crippen molar-refractivity contribution in [3.8, 4) is 10.6 Å². The fraction of sp³-hybridized carbons (Fsp3) is 0.500. The second-order valence-electron chi connectivity index (χ2n) is 11.0. The van der Waals surface area contributed by atoms with Gasteiger partial charge in [0.1, 0.15) is 5.56 Å². The number of ether oxygens (including phenoxy) is 2. The van der Waals surface area contributed by atoms with Crippen LogP contribution < -0.4 is 15.5 Å². The third-order valence-corrected chi connectivity index (χ3v) is 10.6. The van der Waals surface area contributed by atoms with Crippen LogP contribution in [0.4, 0.5) is 30.5 Å². The first-order valence-electron chi connectivity index (χ1n) is 14.7. The minimum Gasteiger partial charge on any atom is -0.378 e. The lowest BCUT2D eigenvalue weighted by Gasteiger charge is -2.39. The van der Waals surface area contributed by atoms with Gasteiger partial charge in [0.25, 0.3) is 0 Å². The standard InChI is InChI=1S/C30H35F3N6O3S2/c1-3-19-10-20(39-7-6-34-24-15-42-16-25(24)39)4-5-23(19)36-29-35-12-22(30(31,32)33)28(37-29)27-11-26(18(2)44-27)43-9-8-38(17-40)21-13-41-14-21/h4-5,10-12,17,21,24-25,34H,3,6-9,13-16H2,1-2H3,(H,35,36,37). The molecule has 14 heteroatoms. The molecule has 1 aromatic carbocycles. The number of benzene rings is 1. The van der Waals surface area contributed by atoms with Crippen LogP contribution in [-0.2, 0) is 26.9 Å². The molecule has 2 N–H and O–H groups in total. The number of nitrogens with one attached hydrogen (secondary N) is 2. The van der Waals surface area contributed by atoms with Crippen molar-refractivity contribution < 1.29 is 27.4 Å². The molecule has 2 atom stereocenters. The van der Waals surface area contributed by atoms with E-state index in [9.17, 15) is 18.0 Å². The number of carbonyl (C=O) groups excluding carboxylic acids is 1. The molecule has 0 spiro atoms. The van der Waals surface area contributed by atoms with Gasteiger partial charge in [-0.15, -0.1) is 23.1 Å². The zero-order valence-corrected chi connectivity index (χ0v) is 26.2. The number of aromatic nitrogens is 2. The topological polar surface area (TPSA) is 91.9 Å². The fourth-order valence-corrected chi connectivity index (χ4v) is 7.98. The molecule has 0 radical (unpaired) electrons. The van der Waals surface area contributed by atoms with Gasteiger partial charge in [-0.3, -0.25) is 4.79 Å². The summed E-state index contributed by atoms with van der Waals surface area (Å²) in [5.41, 5.74) is 1.84. The van der Waals surface area contributed by atoms with Crippen LogP contribution in [0.2, 0.25) is 0 Å². The smallest absolute Gasteiger partial charge is 0.378 e. The Bertz CT molecular complexity index is 1480. The molecule has 3 saturated heterocycles. The van der Waals surface area contributed by atoms with Crippen molar-refractivity contribution in [1.29, 1.82) is 0 Å². The number of nitrogens with zero attached hydrogens (tertiary/aromatic N) is 4. The molecule has 5 heterocycles. The van der Waals surface area contributed by atoms with E-state index in [1.165, 1.54) is 23.1 Å². The molecular formula is C30H35F3N6O3S2. The van der Waals surface area contributed by atoms with Crippen LogP contribution in [0.15, 0.2) is 35.4 Å². The molecule has 3 aliphatic heterocycles. The van der Waals surface area contributed by atoms with Crippen molar-refractivity contribution in [3.63, 3.8) is 0 Å². The number of aryl methyl sites for hydroxylation is 2. The Hall–Kier alpha value is -2.91. The first kappa shape index (κ1) is 31.1. The van der Waals surface area contributed by atoms with Crippen LogP contribution in [0.5, 0.6) is 0 Å². The Morgan fingerprint density at radius 3 is 2.77 bits per heavy atom. The Morgan fingerprint density at radius 1 is 1.23 bits per heavy atom. The molecule has 2 unspecified atom stereocenters. The fourth-order valence-electron chi connectivity index (χ4n) is 5.76. The van der Waals surface area contributed by atoms with E-state index in [0.29, 0.717) is 49.6 Å². The predicted molar refractivity (Wildman–Crippen MR) is 166 cm³/mol. The highest BCUT2D eigenvalue weighted by atomic mass is 32.2. The molecule has 0 aliphatic carbocycles. The summed E-state index contributed by atoms with van der Waals surface area (Å²) in [4.78, 5) is 26.2. The van der Waals surface area contributed by atoms with Crippen LogP contribution in [0, 0.1) is 6.92 Å². The molecule has 3 aromatic rings. The second-order valence-corrected chi connectivity index (χ2v) is 13.4. The Labute approximate surface area is 262 Å². The number of thioether (sulfide) groups is 1. The summed E-state index contributed by atoms with van der Waals surface area (Å²) in [5.74, 6) is 0.721. The number of fused-ring (bicyclic) bond motifs is 1. The van der Waals surface area contributed by atoms with Gasteiger partial charge in [0.2, 0.25) is 12.4 Å². The number of anilines is 3. The number of thiophene rings is 1. The van der Waals surface area contributed by atoms with E-state index in [-0.39, 0.29) is 23.7 Å². The molecule has 9 nitrogen and oxygen atoms in total. The lowest BCUT2D eigenvalue weighted by Crippen LogP contribution is -2.57. The largest absolute Gasteiger partial charge is 0.420 e. The zero-order chi connectivity index (χ0) is 30.8. The monoisotopic (exact) mass is 648 g/mol. The van der Waals surface area contributed by atoms with Gasteiger partial charge in [-0.1, -0.05) is 6.92 Å². The maximum absolute atomic E-state index is 14.1. The third kappa shape index (κ3) is 6.54. The van der Waals surface area contributed by atoms with Crippen LogP contribution in [0.3, 0.4) is 0 Å². The average molecular weight is 649 g/mol. The van der Waals surface area contributed by atoms with E-state index in [4.69, 9.17) is 9.47 Å². The minimum atomic E-state index is -4.62. The summed E-state index contributed by atoms with van der Waals surface area (Å²) in [5, 5.41) is 6.71. The van der Waals surface area contributed by atoms with Crippen molar-refractivity contribution in [1.82, 2.24) is 20.2 Å². The number of alkyl halides is 3. The van der Waals surface area contributed by atoms with Gasteiger partial charge in [-0.2, -0.15) is 13.2 Å². The number of halogens is 3. The molecule has 0 saturated carbocycles. The van der Waals surface area contributed by atoms with Crippen LogP contribution in [0.25, 0.3) is 10.6 Å². The number of rotatable bonds is 11. The molecular weight excluding hydrogens is 613 g/mol. The normalized spacial score (nSPS) is 20.3. The van der Waals surface area contributed by atoms with Gasteiger partial charge in [-0.25, -0.2) is 9.97 Å². The average Bonchev–Trinajstić information content (AvgIpc) is 3.62. The summed E-state index contributed by atoms with van der Waals surface area (Å²) in [6.45, 7) is 8.66. The quantitative estimate of drug-likeness (QED) is 0.221. The third-order valence-electron chi connectivity index (χ3n) is 8.29. The lowest BCUT2D eigenvalue weighted by molar-refractivity contribution is -0.137. The first-order chi connectivity index (χ1) is 21.2. The summed E-state index contributed by atoms with van der Waals surface area (Å²) >= 11 is 2.78. The minimum absolute atomic E-state index is 0.0919. The Balaban J connectivity index is 1.22. The first-order valence-corrected chi connectivity index (χ1v) is 16.5. The number of piperazine rings is 1. The molecule has 236 valence electrons. The van der Waals surface area contributed by atoms with E-state index < -0.39 is 11.7 Å². The molecule has 3 aliphatic rings. The molecule has 0 bridgehead atoms. The molecule has 3 fully saturated rings. The van der Waals surface area contributed by atoms with Crippen molar-refractivity contribution >= 4 is 46.8 Å². The zero-order valence-electron chi connectivity index (χ0n) is 24.5. The van der Waals surface area contributed by atoms with Gasteiger partial charge in [0.05, 0.1) is 55.1 Å². The Morgan fingerprint density at radius 2 is 2.05 bits per heavy atom. The predicted octanol–water partition coefficient (Wildman–Crippen LogP) is 4.96. The second kappa shape index (κ2) is 13.2. The van der Waals surface area contributed by atoms with Gasteiger partial charge in [-0.05, 0) is 43.2 Å². The Kier molecular flexibility index (Phi) is 9.34. The van der Waals surface area contributed by atoms with Crippen molar-refractivity contribution in [3.05, 3.63) is 46.5 Å². The van der Waals surface area contributed by atoms with Crippen LogP contribution in [0.1, 0.15) is 22.9 Å². The summed E-state index contributed by atoms with van der Waals surface area (Å²) in [6, 6.07) is 8.53. The molecule has 1 amide bonds.